The average molecular weight is 873 g/mol. The van der Waals surface area contributed by atoms with Crippen LogP contribution in [-0.4, -0.2) is 4.57 Å². The second kappa shape index (κ2) is 16.4. The van der Waals surface area contributed by atoms with Crippen molar-refractivity contribution in [3.8, 4) is 39.1 Å². The third kappa shape index (κ3) is 6.31. The van der Waals surface area contributed by atoms with Gasteiger partial charge in [-0.2, -0.15) is 0 Å². The summed E-state index contributed by atoms with van der Waals surface area (Å²) in [5.74, 6) is 0.559. The van der Waals surface area contributed by atoms with Gasteiger partial charge < -0.3 is 9.47 Å². The Kier molecular flexibility index (Phi) is 9.75. The van der Waals surface area contributed by atoms with Gasteiger partial charge in [0.05, 0.1) is 22.4 Å². The van der Waals surface area contributed by atoms with E-state index in [1.807, 2.05) is 0 Å². The van der Waals surface area contributed by atoms with Gasteiger partial charge in [0.25, 0.3) is 0 Å². The molecule has 1 saturated carbocycles. The van der Waals surface area contributed by atoms with E-state index >= 15 is 0 Å². The maximum Gasteiger partial charge on any atom is 0.0620 e. The molecule has 1 atom stereocenters. The monoisotopic (exact) mass is 872 g/mol. The molecule has 2 aliphatic rings. The number of anilines is 3. The van der Waals surface area contributed by atoms with Crippen molar-refractivity contribution in [1.82, 2.24) is 4.57 Å². The van der Waals surface area contributed by atoms with Gasteiger partial charge in [-0.15, -0.1) is 0 Å². The Labute approximate surface area is 399 Å². The highest BCUT2D eigenvalue weighted by atomic mass is 15.1. The zero-order chi connectivity index (χ0) is 45.2. The van der Waals surface area contributed by atoms with Crippen molar-refractivity contribution >= 4 is 49.6 Å². The highest BCUT2D eigenvalue weighted by molar-refractivity contribution is 6.15. The van der Waals surface area contributed by atoms with Crippen molar-refractivity contribution in [1.29, 1.82) is 0 Å². The number of rotatable bonds is 8. The zero-order valence-electron chi connectivity index (χ0n) is 38.4. The molecule has 0 aliphatic heterocycles. The van der Waals surface area contributed by atoms with Crippen molar-refractivity contribution in [3.05, 3.63) is 253 Å². The van der Waals surface area contributed by atoms with E-state index in [9.17, 15) is 0 Å². The Bertz CT molecular complexity index is 3680. The van der Waals surface area contributed by atoms with Crippen LogP contribution in [0.3, 0.4) is 0 Å². The molecule has 1 aromatic heterocycles. The molecule has 0 amide bonds. The fourth-order valence-corrected chi connectivity index (χ4v) is 12.3. The molecular formula is C66H52N2. The van der Waals surface area contributed by atoms with Gasteiger partial charge in [-0.3, -0.25) is 0 Å². The molecule has 326 valence electrons. The largest absolute Gasteiger partial charge is 0.309 e. The predicted octanol–water partition coefficient (Wildman–Crippen LogP) is 18.1. The molecule has 0 radical (unpaired) electrons. The van der Waals surface area contributed by atoms with E-state index < -0.39 is 0 Å². The van der Waals surface area contributed by atoms with Crippen LogP contribution < -0.4 is 4.90 Å². The van der Waals surface area contributed by atoms with Crippen LogP contribution in [0, 0.1) is 0 Å². The minimum atomic E-state index is -0.360. The molecule has 0 N–H and O–H groups in total. The van der Waals surface area contributed by atoms with E-state index in [4.69, 9.17) is 0 Å². The maximum absolute atomic E-state index is 2.58. The van der Waals surface area contributed by atoms with Gasteiger partial charge in [-0.05, 0) is 118 Å². The van der Waals surface area contributed by atoms with Crippen LogP contribution in [0.4, 0.5) is 17.1 Å². The summed E-state index contributed by atoms with van der Waals surface area (Å²) in [6.07, 6.45) is 6.42. The number of aromatic nitrogens is 1. The van der Waals surface area contributed by atoms with Crippen LogP contribution in [0.25, 0.3) is 71.6 Å². The van der Waals surface area contributed by atoms with E-state index in [1.165, 1.54) is 120 Å². The number of hydrogen-bond acceptors (Lipinski definition) is 1. The van der Waals surface area contributed by atoms with Crippen molar-refractivity contribution in [3.63, 3.8) is 0 Å². The molecule has 13 rings (SSSR count). The summed E-state index contributed by atoms with van der Waals surface area (Å²) in [6, 6.07) is 86.3. The number of benzene rings is 10. The Balaban J connectivity index is 1.10. The van der Waals surface area contributed by atoms with Gasteiger partial charge >= 0.3 is 0 Å². The van der Waals surface area contributed by atoms with E-state index in [0.717, 1.165) is 22.7 Å². The summed E-state index contributed by atoms with van der Waals surface area (Å²) in [5.41, 5.74) is 19.5. The SMILES string of the molecule is CC1(c2ccccc2)c2ccccc2-c2ccc(N(c3ccccc3-c3cccc4cccc(C5CCCCC5)c34)c3ccccc3-c3cccc4c5ccccc5n(-c5ccccc5)c34)cc21. The lowest BCUT2D eigenvalue weighted by atomic mass is 9.74. The fraction of sp³-hybridized carbons (Fsp3) is 0.121. The third-order valence-corrected chi connectivity index (χ3v) is 15.5. The molecule has 11 aromatic rings. The van der Waals surface area contributed by atoms with E-state index in [0.29, 0.717) is 5.92 Å². The Morgan fingerprint density at radius 2 is 1.01 bits per heavy atom. The molecular weight excluding hydrogens is 821 g/mol. The van der Waals surface area contributed by atoms with Crippen LogP contribution in [0.2, 0.25) is 0 Å². The average Bonchev–Trinajstić information content (AvgIpc) is 3.89. The number of hydrogen-bond donors (Lipinski definition) is 0. The predicted molar refractivity (Wildman–Crippen MR) is 287 cm³/mol. The molecule has 1 fully saturated rings. The van der Waals surface area contributed by atoms with E-state index in [-0.39, 0.29) is 5.41 Å². The minimum absolute atomic E-state index is 0.360. The standard InChI is InChI=1S/C66H52N2/c1-66(47-26-7-3-8-27-47)59-38-15-11-30-51(59)52-43-42-49(44-60(52)66)67(61-39-16-12-31-53(61)56-35-20-25-46-24-19-34-50(64(46)56)45-22-5-2-6-23-45)62-40-17-13-32-54(62)57-36-21-37-58-55-33-14-18-41-63(55)68(65(57)58)48-28-9-4-10-29-48/h3-4,7-21,24-45H,2,5-6,22-23H2,1H3. The van der Waals surface area contributed by atoms with Crippen molar-refractivity contribution in [2.24, 2.45) is 0 Å². The van der Waals surface area contributed by atoms with E-state index in [2.05, 4.69) is 247 Å². The van der Waals surface area contributed by atoms with Crippen LogP contribution >= 0.6 is 0 Å². The third-order valence-electron chi connectivity index (χ3n) is 15.5. The fourth-order valence-electron chi connectivity index (χ4n) is 12.3. The van der Waals surface area contributed by atoms with Gasteiger partial charge in [0.2, 0.25) is 0 Å². The topological polar surface area (TPSA) is 8.17 Å². The molecule has 2 nitrogen and oxygen atoms in total. The molecule has 10 aromatic carbocycles. The molecule has 0 saturated heterocycles. The summed E-state index contributed by atoms with van der Waals surface area (Å²) >= 11 is 0. The minimum Gasteiger partial charge on any atom is -0.309 e. The summed E-state index contributed by atoms with van der Waals surface area (Å²) in [7, 11) is 0. The highest BCUT2D eigenvalue weighted by Crippen LogP contribution is 2.55. The lowest BCUT2D eigenvalue weighted by Crippen LogP contribution is -2.23. The molecule has 1 heterocycles. The molecule has 68 heavy (non-hydrogen) atoms. The normalized spacial score (nSPS) is 15.7. The van der Waals surface area contributed by atoms with Crippen molar-refractivity contribution in [2.45, 2.75) is 50.4 Å². The molecule has 0 bridgehead atoms. The van der Waals surface area contributed by atoms with E-state index in [1.54, 1.807) is 0 Å². The first-order chi connectivity index (χ1) is 33.7. The van der Waals surface area contributed by atoms with Gasteiger partial charge in [-0.1, -0.05) is 207 Å². The summed E-state index contributed by atoms with van der Waals surface area (Å²) in [4.78, 5) is 2.58. The second-order valence-corrected chi connectivity index (χ2v) is 19.1. The summed E-state index contributed by atoms with van der Waals surface area (Å²) in [6.45, 7) is 2.43. The first kappa shape index (κ1) is 40.3. The molecule has 2 aliphatic carbocycles. The Morgan fingerprint density at radius 1 is 0.441 bits per heavy atom. The van der Waals surface area contributed by atoms with Crippen LogP contribution in [-0.2, 0) is 5.41 Å². The Morgan fingerprint density at radius 3 is 1.79 bits per heavy atom. The smallest absolute Gasteiger partial charge is 0.0620 e. The summed E-state index contributed by atoms with van der Waals surface area (Å²) < 4.78 is 2.47. The van der Waals surface area contributed by atoms with Crippen molar-refractivity contribution in [2.75, 3.05) is 4.90 Å². The Hall–Kier alpha value is -7.94. The first-order valence-corrected chi connectivity index (χ1v) is 24.5. The lowest BCUT2D eigenvalue weighted by Gasteiger charge is -2.33. The highest BCUT2D eigenvalue weighted by Gasteiger charge is 2.41. The summed E-state index contributed by atoms with van der Waals surface area (Å²) in [5, 5.41) is 5.18. The zero-order valence-corrected chi connectivity index (χ0v) is 38.4. The van der Waals surface area contributed by atoms with Crippen LogP contribution in [0.1, 0.15) is 67.2 Å². The maximum atomic E-state index is 2.58. The molecule has 0 spiro atoms. The number of nitrogens with zero attached hydrogens (tertiary/aromatic N) is 2. The second-order valence-electron chi connectivity index (χ2n) is 19.1. The quantitative estimate of drug-likeness (QED) is 0.148. The van der Waals surface area contributed by atoms with Crippen molar-refractivity contribution < 1.29 is 0 Å². The lowest BCUT2D eigenvalue weighted by molar-refractivity contribution is 0.445. The number of para-hydroxylation sites is 5. The van der Waals surface area contributed by atoms with Gasteiger partial charge in [0.15, 0.2) is 0 Å². The van der Waals surface area contributed by atoms with Gasteiger partial charge in [0.1, 0.15) is 0 Å². The molecule has 1 unspecified atom stereocenters. The number of fused-ring (bicyclic) bond motifs is 7. The first-order valence-electron chi connectivity index (χ1n) is 24.5. The van der Waals surface area contributed by atoms with Crippen LogP contribution in [0.5, 0.6) is 0 Å². The van der Waals surface area contributed by atoms with Crippen LogP contribution in [0.15, 0.2) is 231 Å². The van der Waals surface area contributed by atoms with Gasteiger partial charge in [-0.25, -0.2) is 0 Å². The van der Waals surface area contributed by atoms with Gasteiger partial charge in [0, 0.05) is 44.3 Å². The molecule has 2 heteroatoms.